The Bertz CT molecular complexity index is 1360. The highest BCUT2D eigenvalue weighted by atomic mass is 35.5. The molecule has 2 fully saturated rings. The number of primary amides is 1. The Hall–Kier alpha value is -3.04. The molecule has 2 unspecified atom stereocenters. The van der Waals surface area contributed by atoms with Crippen LogP contribution in [0.1, 0.15) is 16.1 Å². The second-order valence-corrected chi connectivity index (χ2v) is 10.2. The zero-order valence-corrected chi connectivity index (χ0v) is 19.7. The summed E-state index contributed by atoms with van der Waals surface area (Å²) in [6, 6.07) is 9.67. The minimum absolute atomic E-state index is 0.0464. The third-order valence-corrected chi connectivity index (χ3v) is 8.29. The summed E-state index contributed by atoms with van der Waals surface area (Å²) in [5.74, 6) is -2.06. The van der Waals surface area contributed by atoms with Crippen LogP contribution in [-0.4, -0.2) is 45.4 Å². The summed E-state index contributed by atoms with van der Waals surface area (Å²) in [6.07, 6.45) is 0. The molecule has 3 N–H and O–H groups in total. The number of carbonyl (C=O) groups excluding carboxylic acids is 2. The summed E-state index contributed by atoms with van der Waals surface area (Å²) in [5, 5.41) is 9.85. The lowest BCUT2D eigenvalue weighted by Gasteiger charge is -2.20. The van der Waals surface area contributed by atoms with Gasteiger partial charge in [0.1, 0.15) is 6.54 Å². The van der Waals surface area contributed by atoms with Crippen molar-refractivity contribution in [3.05, 3.63) is 58.5 Å². The van der Waals surface area contributed by atoms with E-state index in [0.717, 1.165) is 4.90 Å². The molecule has 3 aromatic rings. The van der Waals surface area contributed by atoms with Crippen molar-refractivity contribution in [2.24, 2.45) is 23.5 Å². The SMILES string of the molecule is Cc1c(Sc2cccc(C(=O)O)c2)c2ccc(Cl)c(F)c2n1CC(=O)N1CC2C(C1)C2C(N)=O. The first-order chi connectivity index (χ1) is 16.2. The summed E-state index contributed by atoms with van der Waals surface area (Å²) in [4.78, 5) is 39.0. The van der Waals surface area contributed by atoms with E-state index in [1.807, 2.05) is 0 Å². The molecule has 0 bridgehead atoms. The molecule has 1 saturated carbocycles. The smallest absolute Gasteiger partial charge is 0.335 e. The molecule has 1 aliphatic carbocycles. The van der Waals surface area contributed by atoms with Gasteiger partial charge in [0, 0.05) is 39.9 Å². The largest absolute Gasteiger partial charge is 0.478 e. The summed E-state index contributed by atoms with van der Waals surface area (Å²) in [7, 11) is 0. The van der Waals surface area contributed by atoms with Crippen LogP contribution in [0.4, 0.5) is 4.39 Å². The molecule has 5 rings (SSSR count). The van der Waals surface area contributed by atoms with E-state index in [9.17, 15) is 19.5 Å². The molecule has 1 aromatic heterocycles. The lowest BCUT2D eigenvalue weighted by atomic mass is 10.2. The first-order valence-corrected chi connectivity index (χ1v) is 11.9. The molecular formula is C24H21ClFN3O4S. The van der Waals surface area contributed by atoms with Gasteiger partial charge in [-0.1, -0.05) is 29.4 Å². The van der Waals surface area contributed by atoms with E-state index in [4.69, 9.17) is 17.3 Å². The maximum Gasteiger partial charge on any atom is 0.335 e. The van der Waals surface area contributed by atoms with Crippen LogP contribution in [0.25, 0.3) is 10.9 Å². The fourth-order valence-electron chi connectivity index (χ4n) is 5.00. The molecular weight excluding hydrogens is 481 g/mol. The lowest BCUT2D eigenvalue weighted by Crippen LogP contribution is -2.36. The maximum atomic E-state index is 15.2. The van der Waals surface area contributed by atoms with Gasteiger partial charge in [-0.15, -0.1) is 0 Å². The van der Waals surface area contributed by atoms with Crippen molar-refractivity contribution in [1.29, 1.82) is 0 Å². The monoisotopic (exact) mass is 501 g/mol. The van der Waals surface area contributed by atoms with Gasteiger partial charge in [0.25, 0.3) is 0 Å². The Morgan fingerprint density at radius 2 is 1.91 bits per heavy atom. The number of aromatic carboxylic acids is 1. The molecule has 10 heteroatoms. The van der Waals surface area contributed by atoms with Crippen molar-refractivity contribution in [3.8, 4) is 0 Å². The van der Waals surface area contributed by atoms with E-state index < -0.39 is 11.8 Å². The molecule has 7 nitrogen and oxygen atoms in total. The average molecular weight is 502 g/mol. The van der Waals surface area contributed by atoms with Crippen molar-refractivity contribution in [3.63, 3.8) is 0 Å². The van der Waals surface area contributed by atoms with Gasteiger partial charge < -0.3 is 20.3 Å². The minimum atomic E-state index is -1.03. The highest BCUT2D eigenvalue weighted by molar-refractivity contribution is 7.99. The quantitative estimate of drug-likeness (QED) is 0.534. The van der Waals surface area contributed by atoms with Crippen LogP contribution >= 0.6 is 23.4 Å². The maximum absolute atomic E-state index is 15.2. The first kappa shape index (κ1) is 22.7. The Balaban J connectivity index is 1.48. The second-order valence-electron chi connectivity index (χ2n) is 8.75. The normalized spacial score (nSPS) is 21.0. The van der Waals surface area contributed by atoms with E-state index in [0.29, 0.717) is 29.1 Å². The molecule has 34 heavy (non-hydrogen) atoms. The lowest BCUT2D eigenvalue weighted by molar-refractivity contribution is -0.132. The number of fused-ring (bicyclic) bond motifs is 2. The van der Waals surface area contributed by atoms with E-state index in [1.54, 1.807) is 40.7 Å². The number of likely N-dealkylation sites (tertiary alicyclic amines) is 1. The van der Waals surface area contributed by atoms with Crippen LogP contribution in [-0.2, 0) is 16.1 Å². The van der Waals surface area contributed by atoms with Crippen molar-refractivity contribution in [1.82, 2.24) is 9.47 Å². The summed E-state index contributed by atoms with van der Waals surface area (Å²) in [5.41, 5.74) is 6.46. The molecule has 2 aromatic carbocycles. The number of hydrogen-bond donors (Lipinski definition) is 2. The third-order valence-electron chi connectivity index (χ3n) is 6.79. The van der Waals surface area contributed by atoms with E-state index >= 15 is 4.39 Å². The third kappa shape index (κ3) is 3.73. The van der Waals surface area contributed by atoms with E-state index in [1.165, 1.54) is 23.9 Å². The van der Waals surface area contributed by atoms with Gasteiger partial charge in [-0.05, 0) is 49.1 Å². The molecule has 1 aliphatic heterocycles. The molecule has 2 atom stereocenters. The zero-order chi connectivity index (χ0) is 24.3. The zero-order valence-electron chi connectivity index (χ0n) is 18.1. The molecule has 1 saturated heterocycles. The number of halogens is 2. The van der Waals surface area contributed by atoms with Gasteiger partial charge >= 0.3 is 5.97 Å². The molecule has 0 radical (unpaired) electrons. The topological polar surface area (TPSA) is 106 Å². The number of hydrogen-bond acceptors (Lipinski definition) is 4. The number of piperidine rings is 1. The minimum Gasteiger partial charge on any atom is -0.478 e. The van der Waals surface area contributed by atoms with Gasteiger partial charge in [-0.3, -0.25) is 9.59 Å². The average Bonchev–Trinajstić information content (AvgIpc) is 3.19. The van der Waals surface area contributed by atoms with Gasteiger partial charge in [-0.2, -0.15) is 0 Å². The number of nitrogens with two attached hydrogens (primary N) is 1. The predicted molar refractivity (Wildman–Crippen MR) is 125 cm³/mol. The fourth-order valence-corrected chi connectivity index (χ4v) is 6.25. The molecule has 2 aliphatic rings. The summed E-state index contributed by atoms with van der Waals surface area (Å²) >= 11 is 7.38. The van der Waals surface area contributed by atoms with Gasteiger partial charge in [0.05, 0.1) is 16.1 Å². The van der Waals surface area contributed by atoms with E-state index in [2.05, 4.69) is 0 Å². The predicted octanol–water partition coefficient (Wildman–Crippen LogP) is 3.78. The highest BCUT2D eigenvalue weighted by Crippen LogP contribution is 2.51. The Labute approximate surface area is 203 Å². The van der Waals surface area contributed by atoms with Crippen molar-refractivity contribution >= 4 is 52.0 Å². The standard InChI is InChI=1S/C24H21ClFN3O4S/c1-11-22(34-13-4-2-3-12(7-13)24(32)33)14-5-6-17(25)20(26)21(14)29(11)10-18(30)28-8-15-16(9-28)19(15)23(27)31/h2-7,15-16,19H,8-10H2,1H3,(H2,27,31)(H,32,33). The number of amides is 2. The van der Waals surface area contributed by atoms with Crippen molar-refractivity contribution in [2.75, 3.05) is 13.1 Å². The highest BCUT2D eigenvalue weighted by Gasteiger charge is 2.59. The summed E-state index contributed by atoms with van der Waals surface area (Å²) < 4.78 is 16.8. The number of nitrogens with zero attached hydrogens (tertiary/aromatic N) is 2. The fraction of sp³-hybridized carbons (Fsp3) is 0.292. The number of aromatic nitrogens is 1. The molecule has 176 valence electrons. The van der Waals surface area contributed by atoms with Crippen LogP contribution < -0.4 is 5.73 Å². The van der Waals surface area contributed by atoms with Gasteiger partial charge in [-0.25, -0.2) is 9.18 Å². The van der Waals surface area contributed by atoms with Crippen LogP contribution in [0, 0.1) is 30.5 Å². The van der Waals surface area contributed by atoms with Gasteiger partial charge in [0.15, 0.2) is 5.82 Å². The number of carboxylic acids is 1. The second kappa shape index (κ2) is 8.32. The van der Waals surface area contributed by atoms with Crippen LogP contribution in [0.3, 0.4) is 0 Å². The Kier molecular flexibility index (Phi) is 5.56. The number of benzene rings is 2. The van der Waals surface area contributed by atoms with Gasteiger partial charge in [0.2, 0.25) is 11.8 Å². The molecule has 2 amide bonds. The Morgan fingerprint density at radius 3 is 2.56 bits per heavy atom. The van der Waals surface area contributed by atoms with Crippen molar-refractivity contribution < 1.29 is 23.9 Å². The number of carbonyl (C=O) groups is 3. The van der Waals surface area contributed by atoms with Crippen LogP contribution in [0.2, 0.25) is 5.02 Å². The number of carboxylic acid groups (broad SMARTS) is 1. The van der Waals surface area contributed by atoms with E-state index in [-0.39, 0.29) is 52.2 Å². The first-order valence-electron chi connectivity index (χ1n) is 10.7. The Morgan fingerprint density at radius 1 is 1.21 bits per heavy atom. The van der Waals surface area contributed by atoms with Crippen molar-refractivity contribution in [2.45, 2.75) is 23.3 Å². The molecule has 2 heterocycles. The molecule has 0 spiro atoms. The van der Waals surface area contributed by atoms with Crippen LogP contribution in [0.15, 0.2) is 46.2 Å². The van der Waals surface area contributed by atoms with Crippen LogP contribution in [0.5, 0.6) is 0 Å². The summed E-state index contributed by atoms with van der Waals surface area (Å²) in [6.45, 7) is 2.68. The number of rotatable bonds is 6.